The number of unbranched alkanes of at least 4 members (excludes halogenated alkanes) is 3. The Morgan fingerprint density at radius 3 is 2.73 bits per heavy atom. The molecule has 1 heterocycles. The van der Waals surface area contributed by atoms with Crippen LogP contribution in [0.2, 0.25) is 0 Å². The van der Waals surface area contributed by atoms with E-state index in [0.29, 0.717) is 0 Å². The molecule has 1 aliphatic heterocycles. The van der Waals surface area contributed by atoms with E-state index in [1.165, 1.54) is 25.7 Å². The van der Waals surface area contributed by atoms with Gasteiger partial charge in [0, 0.05) is 18.8 Å². The van der Waals surface area contributed by atoms with Crippen molar-refractivity contribution in [3.8, 4) is 0 Å². The van der Waals surface area contributed by atoms with Crippen molar-refractivity contribution in [2.45, 2.75) is 39.0 Å². The van der Waals surface area contributed by atoms with Gasteiger partial charge in [-0.15, -0.1) is 0 Å². The summed E-state index contributed by atoms with van der Waals surface area (Å²) in [5, 5.41) is 4.10. The van der Waals surface area contributed by atoms with E-state index in [4.69, 9.17) is 0 Å². The molecule has 0 bridgehead atoms. The van der Waals surface area contributed by atoms with E-state index in [1.807, 2.05) is 0 Å². The van der Waals surface area contributed by atoms with Crippen LogP contribution in [0.5, 0.6) is 0 Å². The third-order valence-corrected chi connectivity index (χ3v) is 1.77. The molecule has 0 amide bonds. The summed E-state index contributed by atoms with van der Waals surface area (Å²) in [6.45, 7) is 2.22. The van der Waals surface area contributed by atoms with Crippen LogP contribution in [-0.2, 0) is 0 Å². The topological polar surface area (TPSA) is 26.5 Å². The van der Waals surface area contributed by atoms with Crippen molar-refractivity contribution in [1.82, 2.24) is 5.32 Å². The molecule has 61 valence electrons. The smallest absolute Gasteiger partial charge is 0.128 e. The maximum atomic E-state index is 4.10. The van der Waals surface area contributed by atoms with Crippen LogP contribution in [0.25, 0.3) is 0 Å². The van der Waals surface area contributed by atoms with Gasteiger partial charge in [-0.2, -0.15) is 0 Å². The molecule has 0 aromatic carbocycles. The molecule has 0 unspecified atom stereocenters. The standard InChI is InChI=1S/C9H15N2/c1-2-3-4-5-6-9-10-7-8-11-9/h7-8H,2-6H2,1H3. The number of aliphatic imine (C=N–C) groups is 1. The third-order valence-electron chi connectivity index (χ3n) is 1.77. The minimum Gasteiger partial charge on any atom is -0.240 e. The van der Waals surface area contributed by atoms with Crippen molar-refractivity contribution in [3.63, 3.8) is 0 Å². The zero-order valence-corrected chi connectivity index (χ0v) is 7.08. The quantitative estimate of drug-likeness (QED) is 0.539. The summed E-state index contributed by atoms with van der Waals surface area (Å²) in [7, 11) is 0. The van der Waals surface area contributed by atoms with Crippen LogP contribution in [0.3, 0.4) is 0 Å². The zero-order chi connectivity index (χ0) is 7.94. The fourth-order valence-corrected chi connectivity index (χ4v) is 1.11. The summed E-state index contributed by atoms with van der Waals surface area (Å²) in [5.74, 6) is 1.00. The predicted octanol–water partition coefficient (Wildman–Crippen LogP) is 2.44. The lowest BCUT2D eigenvalue weighted by Crippen LogP contribution is -2.05. The molecule has 0 spiro atoms. The monoisotopic (exact) mass is 151 g/mol. The zero-order valence-electron chi connectivity index (χ0n) is 7.08. The first-order chi connectivity index (χ1) is 5.43. The molecule has 0 saturated heterocycles. The Kier molecular flexibility index (Phi) is 3.73. The van der Waals surface area contributed by atoms with E-state index in [0.717, 1.165) is 12.3 Å². The molecule has 1 radical (unpaired) electrons. The van der Waals surface area contributed by atoms with Crippen molar-refractivity contribution in [2.75, 3.05) is 0 Å². The Balaban J connectivity index is 1.95. The second-order valence-corrected chi connectivity index (χ2v) is 2.78. The van der Waals surface area contributed by atoms with Crippen LogP contribution in [-0.4, -0.2) is 5.84 Å². The Bertz CT molecular complexity index is 159. The average molecular weight is 151 g/mol. The van der Waals surface area contributed by atoms with Gasteiger partial charge in [-0.25, -0.2) is 10.3 Å². The fourth-order valence-electron chi connectivity index (χ4n) is 1.11. The number of nitrogens with zero attached hydrogens (tertiary/aromatic N) is 2. The normalized spacial score (nSPS) is 14.8. The van der Waals surface area contributed by atoms with Gasteiger partial charge in [-0.05, 0) is 6.42 Å². The highest BCUT2D eigenvalue weighted by atomic mass is 15.0. The maximum absolute atomic E-state index is 4.10. The lowest BCUT2D eigenvalue weighted by molar-refractivity contribution is 0.680. The first kappa shape index (κ1) is 8.31. The predicted molar refractivity (Wildman–Crippen MR) is 47.5 cm³/mol. The summed E-state index contributed by atoms with van der Waals surface area (Å²) in [4.78, 5) is 4.10. The summed E-state index contributed by atoms with van der Waals surface area (Å²) in [5.41, 5.74) is 0. The van der Waals surface area contributed by atoms with Crippen molar-refractivity contribution in [3.05, 3.63) is 12.4 Å². The average Bonchev–Trinajstić information content (AvgIpc) is 2.50. The number of hydrogen-bond acceptors (Lipinski definition) is 1. The van der Waals surface area contributed by atoms with Gasteiger partial charge in [0.25, 0.3) is 0 Å². The highest BCUT2D eigenvalue weighted by molar-refractivity contribution is 5.84. The minimum atomic E-state index is 1.00. The van der Waals surface area contributed by atoms with Crippen LogP contribution in [0, 0.1) is 0 Å². The van der Waals surface area contributed by atoms with E-state index in [2.05, 4.69) is 17.2 Å². The first-order valence-corrected chi connectivity index (χ1v) is 4.36. The number of rotatable bonds is 5. The van der Waals surface area contributed by atoms with E-state index in [1.54, 1.807) is 12.4 Å². The summed E-state index contributed by atoms with van der Waals surface area (Å²) >= 11 is 0. The van der Waals surface area contributed by atoms with E-state index < -0.39 is 0 Å². The highest BCUT2D eigenvalue weighted by Crippen LogP contribution is 2.05. The lowest BCUT2D eigenvalue weighted by Gasteiger charge is -1.98. The summed E-state index contributed by atoms with van der Waals surface area (Å²) in [6, 6.07) is 0. The van der Waals surface area contributed by atoms with Crippen LogP contribution < -0.4 is 5.32 Å². The number of hydrogen-bond donors (Lipinski definition) is 0. The highest BCUT2D eigenvalue weighted by Gasteiger charge is 2.00. The van der Waals surface area contributed by atoms with E-state index in [-0.39, 0.29) is 0 Å². The molecule has 0 aromatic heterocycles. The van der Waals surface area contributed by atoms with Crippen molar-refractivity contribution in [1.29, 1.82) is 0 Å². The second kappa shape index (κ2) is 4.94. The Morgan fingerprint density at radius 2 is 2.09 bits per heavy atom. The van der Waals surface area contributed by atoms with Gasteiger partial charge in [0.2, 0.25) is 0 Å². The van der Waals surface area contributed by atoms with Gasteiger partial charge in [0.05, 0.1) is 0 Å². The molecular weight excluding hydrogens is 136 g/mol. The van der Waals surface area contributed by atoms with Gasteiger partial charge in [0.15, 0.2) is 0 Å². The molecule has 1 rings (SSSR count). The molecule has 2 nitrogen and oxygen atoms in total. The van der Waals surface area contributed by atoms with Gasteiger partial charge in [-0.1, -0.05) is 26.2 Å². The van der Waals surface area contributed by atoms with Crippen LogP contribution in [0.4, 0.5) is 0 Å². The summed E-state index contributed by atoms with van der Waals surface area (Å²) in [6.07, 6.45) is 9.74. The van der Waals surface area contributed by atoms with Crippen molar-refractivity contribution in [2.24, 2.45) is 4.99 Å². The van der Waals surface area contributed by atoms with Gasteiger partial charge >= 0.3 is 0 Å². The second-order valence-electron chi connectivity index (χ2n) is 2.78. The van der Waals surface area contributed by atoms with Gasteiger partial charge in [0.1, 0.15) is 5.84 Å². The Morgan fingerprint density at radius 1 is 1.18 bits per heavy atom. The maximum Gasteiger partial charge on any atom is 0.128 e. The van der Waals surface area contributed by atoms with E-state index >= 15 is 0 Å². The molecule has 11 heavy (non-hydrogen) atoms. The minimum absolute atomic E-state index is 1.00. The molecular formula is C9H15N2. The third kappa shape index (κ3) is 3.21. The summed E-state index contributed by atoms with van der Waals surface area (Å²) < 4.78 is 0. The molecule has 0 saturated carbocycles. The first-order valence-electron chi connectivity index (χ1n) is 4.36. The molecule has 0 atom stereocenters. The van der Waals surface area contributed by atoms with Crippen LogP contribution in [0.15, 0.2) is 17.4 Å². The van der Waals surface area contributed by atoms with E-state index in [9.17, 15) is 0 Å². The fraction of sp³-hybridized carbons (Fsp3) is 0.667. The van der Waals surface area contributed by atoms with Crippen molar-refractivity contribution >= 4 is 5.84 Å². The van der Waals surface area contributed by atoms with Crippen molar-refractivity contribution < 1.29 is 0 Å². The Hall–Kier alpha value is -0.790. The Labute approximate surface area is 68.4 Å². The molecule has 0 aromatic rings. The SMILES string of the molecule is CCCCCCC1=NC=C[N]1. The number of amidine groups is 1. The lowest BCUT2D eigenvalue weighted by atomic mass is 10.1. The molecule has 0 fully saturated rings. The largest absolute Gasteiger partial charge is 0.240 e. The molecule has 0 N–H and O–H groups in total. The van der Waals surface area contributed by atoms with Crippen LogP contribution >= 0.6 is 0 Å². The molecule has 0 aliphatic carbocycles. The molecule has 2 heteroatoms. The van der Waals surface area contributed by atoms with Gasteiger partial charge in [-0.3, -0.25) is 0 Å². The van der Waals surface area contributed by atoms with Crippen LogP contribution in [0.1, 0.15) is 39.0 Å². The molecule has 1 aliphatic rings. The van der Waals surface area contributed by atoms with Gasteiger partial charge < -0.3 is 0 Å².